The van der Waals surface area contributed by atoms with E-state index in [4.69, 9.17) is 0 Å². The van der Waals surface area contributed by atoms with E-state index in [2.05, 4.69) is 9.97 Å². The van der Waals surface area contributed by atoms with Gasteiger partial charge in [-0.15, -0.1) is 0 Å². The predicted molar refractivity (Wildman–Crippen MR) is 103 cm³/mol. The number of aromatic nitrogens is 2. The van der Waals surface area contributed by atoms with Gasteiger partial charge in [-0.3, -0.25) is 14.9 Å². The van der Waals surface area contributed by atoms with Gasteiger partial charge in [0, 0.05) is 24.7 Å². The maximum Gasteiger partial charge on any atom is 0.269 e. The Kier molecular flexibility index (Phi) is 4.85. The lowest BCUT2D eigenvalue weighted by Crippen LogP contribution is -2.29. The Bertz CT molecular complexity index is 1050. The van der Waals surface area contributed by atoms with Crippen molar-refractivity contribution in [3.8, 4) is 0 Å². The summed E-state index contributed by atoms with van der Waals surface area (Å²) in [6.45, 7) is 5.62. The number of rotatable bonds is 4. The Morgan fingerprint density at radius 2 is 1.74 bits per heavy atom. The summed E-state index contributed by atoms with van der Waals surface area (Å²) in [4.78, 5) is 34.0. The molecular weight excluding hydrogens is 344 g/mol. The van der Waals surface area contributed by atoms with Crippen LogP contribution in [0.25, 0.3) is 11.0 Å². The zero-order valence-electron chi connectivity index (χ0n) is 15.6. The first kappa shape index (κ1) is 18.4. The molecule has 1 heterocycles. The normalized spacial score (nSPS) is 12.0. The summed E-state index contributed by atoms with van der Waals surface area (Å²) in [5.41, 5.74) is 4.30. The molecule has 138 valence electrons. The van der Waals surface area contributed by atoms with Gasteiger partial charge in [-0.2, -0.15) is 0 Å². The van der Waals surface area contributed by atoms with Gasteiger partial charge in [-0.05, 0) is 44.5 Å². The van der Waals surface area contributed by atoms with Crippen molar-refractivity contribution in [3.05, 3.63) is 75.1 Å². The van der Waals surface area contributed by atoms with Crippen molar-refractivity contribution in [2.24, 2.45) is 0 Å². The molecule has 0 saturated carbocycles. The quantitative estimate of drug-likeness (QED) is 0.516. The number of nitrogens with zero attached hydrogens (tertiary/aromatic N) is 4. The van der Waals surface area contributed by atoms with Crippen LogP contribution in [0.15, 0.2) is 42.5 Å². The second-order valence-corrected chi connectivity index (χ2v) is 6.54. The van der Waals surface area contributed by atoms with Gasteiger partial charge < -0.3 is 4.90 Å². The SMILES string of the molecule is Cc1nc2ccc(C(=O)N(C)[C@H](C)c3cccc([N+](=O)[O-])c3)cc2nc1C. The average molecular weight is 364 g/mol. The van der Waals surface area contributed by atoms with Crippen molar-refractivity contribution < 1.29 is 9.72 Å². The van der Waals surface area contributed by atoms with E-state index in [-0.39, 0.29) is 17.6 Å². The lowest BCUT2D eigenvalue weighted by molar-refractivity contribution is -0.384. The van der Waals surface area contributed by atoms with E-state index in [9.17, 15) is 14.9 Å². The monoisotopic (exact) mass is 364 g/mol. The van der Waals surface area contributed by atoms with Gasteiger partial charge in [0.1, 0.15) is 0 Å². The van der Waals surface area contributed by atoms with Crippen LogP contribution in [0.3, 0.4) is 0 Å². The minimum atomic E-state index is -0.440. The summed E-state index contributed by atoms with van der Waals surface area (Å²) >= 11 is 0. The van der Waals surface area contributed by atoms with E-state index in [1.807, 2.05) is 20.8 Å². The van der Waals surface area contributed by atoms with Crippen molar-refractivity contribution in [2.75, 3.05) is 7.05 Å². The summed E-state index contributed by atoms with van der Waals surface area (Å²) in [7, 11) is 1.68. The maximum absolute atomic E-state index is 12.9. The number of fused-ring (bicyclic) bond motifs is 1. The molecule has 3 aromatic rings. The third-order valence-electron chi connectivity index (χ3n) is 4.79. The molecule has 0 aliphatic carbocycles. The summed E-state index contributed by atoms with van der Waals surface area (Å²) in [5.74, 6) is -0.184. The number of hydrogen-bond acceptors (Lipinski definition) is 5. The van der Waals surface area contributed by atoms with E-state index < -0.39 is 4.92 Å². The highest BCUT2D eigenvalue weighted by Gasteiger charge is 2.21. The fourth-order valence-electron chi connectivity index (χ4n) is 2.87. The minimum Gasteiger partial charge on any atom is -0.335 e. The molecule has 0 saturated heterocycles. The van der Waals surface area contributed by atoms with Crippen molar-refractivity contribution >= 4 is 22.6 Å². The second kappa shape index (κ2) is 7.11. The number of amides is 1. The Morgan fingerprint density at radius 3 is 2.41 bits per heavy atom. The Hall–Kier alpha value is -3.35. The van der Waals surface area contributed by atoms with Crippen LogP contribution < -0.4 is 0 Å². The third kappa shape index (κ3) is 3.62. The molecule has 0 bridgehead atoms. The lowest BCUT2D eigenvalue weighted by atomic mass is 10.1. The van der Waals surface area contributed by atoms with Crippen LogP contribution in [-0.2, 0) is 0 Å². The topological polar surface area (TPSA) is 89.2 Å². The molecule has 2 aromatic carbocycles. The van der Waals surface area contributed by atoms with Crippen LogP contribution >= 0.6 is 0 Å². The highest BCUT2D eigenvalue weighted by Crippen LogP contribution is 2.25. The van der Waals surface area contributed by atoms with Gasteiger partial charge in [-0.25, -0.2) is 9.97 Å². The van der Waals surface area contributed by atoms with Crippen molar-refractivity contribution in [3.63, 3.8) is 0 Å². The molecule has 7 heteroatoms. The second-order valence-electron chi connectivity index (χ2n) is 6.54. The number of nitro benzene ring substituents is 1. The maximum atomic E-state index is 12.9. The van der Waals surface area contributed by atoms with Gasteiger partial charge >= 0.3 is 0 Å². The number of non-ortho nitro benzene ring substituents is 1. The number of benzene rings is 2. The van der Waals surface area contributed by atoms with Crippen LogP contribution in [0.5, 0.6) is 0 Å². The number of carbonyl (C=O) groups is 1. The first-order chi connectivity index (χ1) is 12.8. The molecule has 0 fully saturated rings. The van der Waals surface area contributed by atoms with E-state index in [0.29, 0.717) is 16.6 Å². The smallest absolute Gasteiger partial charge is 0.269 e. The van der Waals surface area contributed by atoms with E-state index in [1.54, 1.807) is 42.3 Å². The number of aryl methyl sites for hydroxylation is 2. The van der Waals surface area contributed by atoms with Crippen LogP contribution in [-0.4, -0.2) is 32.7 Å². The van der Waals surface area contributed by atoms with Crippen LogP contribution in [0, 0.1) is 24.0 Å². The summed E-state index contributed by atoms with van der Waals surface area (Å²) in [6, 6.07) is 11.3. The first-order valence-corrected chi connectivity index (χ1v) is 8.54. The lowest BCUT2D eigenvalue weighted by Gasteiger charge is -2.25. The highest BCUT2D eigenvalue weighted by atomic mass is 16.6. The van der Waals surface area contributed by atoms with Crippen LogP contribution in [0.4, 0.5) is 5.69 Å². The zero-order valence-corrected chi connectivity index (χ0v) is 15.6. The van der Waals surface area contributed by atoms with Gasteiger partial charge in [-0.1, -0.05) is 12.1 Å². The molecule has 1 amide bonds. The van der Waals surface area contributed by atoms with Gasteiger partial charge in [0.25, 0.3) is 11.6 Å². The summed E-state index contributed by atoms with van der Waals surface area (Å²) < 4.78 is 0. The highest BCUT2D eigenvalue weighted by molar-refractivity contribution is 5.97. The minimum absolute atomic E-state index is 0.00650. The van der Waals surface area contributed by atoms with E-state index >= 15 is 0 Å². The van der Waals surface area contributed by atoms with Crippen molar-refractivity contribution in [1.82, 2.24) is 14.9 Å². The fraction of sp³-hybridized carbons (Fsp3) is 0.250. The van der Waals surface area contributed by atoms with Crippen molar-refractivity contribution in [2.45, 2.75) is 26.8 Å². The van der Waals surface area contributed by atoms with E-state index in [0.717, 1.165) is 16.9 Å². The Labute approximate surface area is 156 Å². The number of carbonyl (C=O) groups excluding carboxylic acids is 1. The van der Waals surface area contributed by atoms with Crippen LogP contribution in [0.2, 0.25) is 0 Å². The zero-order chi connectivity index (χ0) is 19.7. The predicted octanol–water partition coefficient (Wildman–Crippen LogP) is 3.99. The average Bonchev–Trinajstić information content (AvgIpc) is 2.66. The standard InChI is InChI=1S/C20H20N4O3/c1-12-13(2)22-19-11-16(8-9-18(19)21-12)20(25)23(4)14(3)15-6-5-7-17(10-15)24(26)27/h5-11,14H,1-4H3/t14-/m1/s1. The third-order valence-corrected chi connectivity index (χ3v) is 4.79. The van der Waals surface area contributed by atoms with Crippen LogP contribution in [0.1, 0.15) is 40.3 Å². The molecule has 0 spiro atoms. The molecule has 0 unspecified atom stereocenters. The number of hydrogen-bond donors (Lipinski definition) is 0. The molecule has 7 nitrogen and oxygen atoms in total. The molecule has 0 aliphatic rings. The van der Waals surface area contributed by atoms with Gasteiger partial charge in [0.2, 0.25) is 0 Å². The summed E-state index contributed by atoms with van der Waals surface area (Å²) in [5, 5.41) is 11.0. The number of nitro groups is 1. The molecule has 0 aliphatic heterocycles. The van der Waals surface area contributed by atoms with E-state index in [1.165, 1.54) is 12.1 Å². The van der Waals surface area contributed by atoms with Gasteiger partial charge in [0.05, 0.1) is 33.4 Å². The molecular formula is C20H20N4O3. The summed E-state index contributed by atoms with van der Waals surface area (Å²) in [6.07, 6.45) is 0. The molecule has 0 N–H and O–H groups in total. The van der Waals surface area contributed by atoms with Crippen molar-refractivity contribution in [1.29, 1.82) is 0 Å². The Balaban J connectivity index is 1.90. The molecule has 27 heavy (non-hydrogen) atoms. The van der Waals surface area contributed by atoms with Gasteiger partial charge in [0.15, 0.2) is 0 Å². The molecule has 3 rings (SSSR count). The fourth-order valence-corrected chi connectivity index (χ4v) is 2.87. The first-order valence-electron chi connectivity index (χ1n) is 8.54. The molecule has 1 aromatic heterocycles. The Morgan fingerprint density at radius 1 is 1.07 bits per heavy atom. The molecule has 0 radical (unpaired) electrons. The molecule has 1 atom stereocenters. The largest absolute Gasteiger partial charge is 0.335 e.